The quantitative estimate of drug-likeness (QED) is 0.349. The Morgan fingerprint density at radius 2 is 1.25 bits per heavy atom. The zero-order valence-corrected chi connectivity index (χ0v) is 5.94. The Bertz CT molecular complexity index is 409. The first-order valence-corrected chi connectivity index (χ1v) is 3.30. The van der Waals surface area contributed by atoms with E-state index in [0.717, 1.165) is 0 Å². The SMILES string of the molecule is Oc1c(O)c2c(O)cc1cc2O. The summed E-state index contributed by atoms with van der Waals surface area (Å²) in [6.07, 6.45) is 0. The largest absolute Gasteiger partial charge is 0.507 e. The molecule has 0 atom stereocenters. The van der Waals surface area contributed by atoms with Crippen molar-refractivity contribution in [3.63, 3.8) is 0 Å². The lowest BCUT2D eigenvalue weighted by Gasteiger charge is -2.09. The van der Waals surface area contributed by atoms with E-state index in [1.54, 1.807) is 0 Å². The van der Waals surface area contributed by atoms with Crippen molar-refractivity contribution < 1.29 is 20.4 Å². The molecule has 0 spiro atoms. The number of phenols is 8. The average Bonchev–Trinajstić information content (AvgIpc) is 1.98. The molecule has 62 valence electrons. The van der Waals surface area contributed by atoms with Gasteiger partial charge in [0.1, 0.15) is 16.9 Å². The first-order chi connectivity index (χ1) is 5.61. The molecule has 4 N–H and O–H groups in total. The molecule has 0 heterocycles. The Morgan fingerprint density at radius 3 is 1.58 bits per heavy atom. The Hall–Kier alpha value is -1.84. The van der Waals surface area contributed by atoms with Crippen LogP contribution in [0.3, 0.4) is 0 Å². The van der Waals surface area contributed by atoms with Crippen molar-refractivity contribution in [2.75, 3.05) is 0 Å². The standard InChI is InChI=1S/C8H6O4/c9-4-1-3-2-5(10)6(4)8(12)7(3)11/h1-2,9-12H. The lowest BCUT2D eigenvalue weighted by atomic mass is 10.1. The van der Waals surface area contributed by atoms with Gasteiger partial charge in [-0.3, -0.25) is 0 Å². The van der Waals surface area contributed by atoms with Crippen molar-refractivity contribution >= 4 is 10.8 Å². The normalized spacial score (nSPS) is 11.0. The van der Waals surface area contributed by atoms with Crippen molar-refractivity contribution in [1.82, 2.24) is 0 Å². The van der Waals surface area contributed by atoms with Gasteiger partial charge in [0.05, 0.1) is 0 Å². The van der Waals surface area contributed by atoms with Crippen LogP contribution in [0, 0.1) is 0 Å². The summed E-state index contributed by atoms with van der Waals surface area (Å²) in [5.74, 6) is -1.27. The van der Waals surface area contributed by atoms with Gasteiger partial charge in [-0.25, -0.2) is 0 Å². The number of benzene rings is 3. The van der Waals surface area contributed by atoms with E-state index < -0.39 is 5.75 Å². The van der Waals surface area contributed by atoms with Gasteiger partial charge in [0.15, 0.2) is 11.5 Å². The monoisotopic (exact) mass is 166 g/mol. The third-order valence-corrected chi connectivity index (χ3v) is 1.83. The highest BCUT2D eigenvalue weighted by Crippen LogP contribution is 2.47. The van der Waals surface area contributed by atoms with E-state index in [4.69, 9.17) is 15.3 Å². The Kier molecular flexibility index (Phi) is 1.05. The molecule has 3 rings (SSSR count). The first kappa shape index (κ1) is 6.84. The zero-order valence-electron chi connectivity index (χ0n) is 5.94. The van der Waals surface area contributed by atoms with Crippen LogP contribution >= 0.6 is 0 Å². The Balaban J connectivity index is 3.03. The summed E-state index contributed by atoms with van der Waals surface area (Å²) in [6, 6.07) is 2.54. The van der Waals surface area contributed by atoms with Crippen molar-refractivity contribution in [1.29, 1.82) is 0 Å². The summed E-state index contributed by atoms with van der Waals surface area (Å²) in [5.41, 5.74) is 0. The Labute approximate surface area is 67.3 Å². The van der Waals surface area contributed by atoms with Crippen molar-refractivity contribution in [2.45, 2.75) is 0 Å². The fourth-order valence-electron chi connectivity index (χ4n) is 1.25. The van der Waals surface area contributed by atoms with Crippen molar-refractivity contribution in [3.05, 3.63) is 12.1 Å². The van der Waals surface area contributed by atoms with Gasteiger partial charge in [-0.15, -0.1) is 0 Å². The Morgan fingerprint density at radius 1 is 0.750 bits per heavy atom. The number of hydrogen-bond donors (Lipinski definition) is 4. The molecule has 0 aromatic heterocycles. The minimum atomic E-state index is -0.481. The summed E-state index contributed by atoms with van der Waals surface area (Å²) in [4.78, 5) is 0. The van der Waals surface area contributed by atoms with Crippen LogP contribution in [0.25, 0.3) is 10.8 Å². The average molecular weight is 166 g/mol. The maximum absolute atomic E-state index is 9.18. The number of rotatable bonds is 0. The molecule has 3 aromatic carbocycles. The van der Waals surface area contributed by atoms with Crippen LogP contribution in [0.2, 0.25) is 0 Å². The van der Waals surface area contributed by atoms with E-state index in [1.165, 1.54) is 12.1 Å². The van der Waals surface area contributed by atoms with E-state index in [0.29, 0.717) is 0 Å². The second kappa shape index (κ2) is 1.85. The summed E-state index contributed by atoms with van der Waals surface area (Å²) < 4.78 is 0. The molecular weight excluding hydrogens is 160 g/mol. The summed E-state index contributed by atoms with van der Waals surface area (Å²) in [7, 11) is 0. The summed E-state index contributed by atoms with van der Waals surface area (Å²) in [5, 5.41) is 36.7. The highest BCUT2D eigenvalue weighted by Gasteiger charge is 2.17. The second-order valence-electron chi connectivity index (χ2n) is 2.59. The van der Waals surface area contributed by atoms with Gasteiger partial charge in [0, 0.05) is 5.39 Å². The molecule has 0 aliphatic heterocycles. The van der Waals surface area contributed by atoms with Crippen LogP contribution in [0.1, 0.15) is 0 Å². The molecule has 4 nitrogen and oxygen atoms in total. The molecule has 0 amide bonds. The smallest absolute Gasteiger partial charge is 0.173 e. The highest BCUT2D eigenvalue weighted by molar-refractivity contribution is 5.95. The van der Waals surface area contributed by atoms with Crippen LogP contribution in [-0.2, 0) is 0 Å². The van der Waals surface area contributed by atoms with Gasteiger partial charge in [-0.1, -0.05) is 0 Å². The molecule has 0 saturated heterocycles. The van der Waals surface area contributed by atoms with E-state index in [9.17, 15) is 5.11 Å². The van der Waals surface area contributed by atoms with Crippen LogP contribution < -0.4 is 0 Å². The predicted octanol–water partition coefficient (Wildman–Crippen LogP) is 1.10. The van der Waals surface area contributed by atoms with Gasteiger partial charge in [0.2, 0.25) is 0 Å². The predicted molar refractivity (Wildman–Crippen MR) is 41.8 cm³/mol. The molecule has 3 aromatic rings. The molecular formula is C8H6O4. The van der Waals surface area contributed by atoms with Gasteiger partial charge in [0.25, 0.3) is 0 Å². The van der Waals surface area contributed by atoms with E-state index in [1.807, 2.05) is 0 Å². The second-order valence-corrected chi connectivity index (χ2v) is 2.59. The summed E-state index contributed by atoms with van der Waals surface area (Å²) in [6.45, 7) is 0. The molecule has 0 aliphatic rings. The van der Waals surface area contributed by atoms with Crippen LogP contribution in [0.4, 0.5) is 0 Å². The minimum absolute atomic E-state index is 0.123. The first-order valence-electron chi connectivity index (χ1n) is 3.30. The maximum Gasteiger partial charge on any atom is 0.173 e. The van der Waals surface area contributed by atoms with Gasteiger partial charge >= 0.3 is 0 Å². The third-order valence-electron chi connectivity index (χ3n) is 1.83. The van der Waals surface area contributed by atoms with E-state index in [2.05, 4.69) is 0 Å². The van der Waals surface area contributed by atoms with Crippen molar-refractivity contribution in [3.8, 4) is 23.0 Å². The lowest BCUT2D eigenvalue weighted by Crippen LogP contribution is -1.80. The number of hydrogen-bond acceptors (Lipinski definition) is 4. The van der Waals surface area contributed by atoms with Crippen LogP contribution in [0.5, 0.6) is 23.0 Å². The van der Waals surface area contributed by atoms with Crippen molar-refractivity contribution in [2.24, 2.45) is 0 Å². The van der Waals surface area contributed by atoms with Gasteiger partial charge in [-0.2, -0.15) is 0 Å². The van der Waals surface area contributed by atoms with E-state index in [-0.39, 0.29) is 28.0 Å². The molecule has 4 heteroatoms. The van der Waals surface area contributed by atoms with Gasteiger partial charge < -0.3 is 20.4 Å². The number of phenolic OH excluding ortho intramolecular Hbond substituents is 4. The topological polar surface area (TPSA) is 80.9 Å². The number of fused-ring (bicyclic) bond motifs is 3. The number of aromatic hydroxyl groups is 4. The molecule has 0 unspecified atom stereocenters. The third kappa shape index (κ3) is 0.611. The molecule has 0 fully saturated rings. The summed E-state index contributed by atoms with van der Waals surface area (Å²) >= 11 is 0. The zero-order chi connectivity index (χ0) is 8.88. The minimum Gasteiger partial charge on any atom is -0.507 e. The molecule has 0 aliphatic carbocycles. The maximum atomic E-state index is 9.18. The van der Waals surface area contributed by atoms with Crippen LogP contribution in [-0.4, -0.2) is 20.4 Å². The fourth-order valence-corrected chi connectivity index (χ4v) is 1.25. The van der Waals surface area contributed by atoms with Crippen LogP contribution in [0.15, 0.2) is 12.1 Å². The lowest BCUT2D eigenvalue weighted by molar-refractivity contribution is 0.400. The molecule has 2 bridgehead atoms. The molecule has 0 saturated carbocycles. The van der Waals surface area contributed by atoms with E-state index >= 15 is 0 Å². The molecule has 0 radical (unpaired) electrons. The highest BCUT2D eigenvalue weighted by atomic mass is 16.3. The molecule has 12 heavy (non-hydrogen) atoms. The van der Waals surface area contributed by atoms with Gasteiger partial charge in [-0.05, 0) is 12.1 Å². The fraction of sp³-hybridized carbons (Fsp3) is 0.